The van der Waals surface area contributed by atoms with Crippen molar-refractivity contribution in [3.63, 3.8) is 0 Å². The zero-order valence-electron chi connectivity index (χ0n) is 10.9. The van der Waals surface area contributed by atoms with Crippen LogP contribution in [0.1, 0.15) is 28.3 Å². The normalized spacial score (nSPS) is 20.1. The molecule has 0 aliphatic heterocycles. The Hall–Kier alpha value is -2.21. The largest absolute Gasteiger partial charge is 0.365 e. The lowest BCUT2D eigenvalue weighted by atomic mass is 10.1. The zero-order chi connectivity index (χ0) is 15.0. The summed E-state index contributed by atoms with van der Waals surface area (Å²) >= 11 is 5.70. The summed E-state index contributed by atoms with van der Waals surface area (Å²) in [5.74, 6) is -0.408. The molecule has 0 unspecified atom stereocenters. The number of carbonyl (C=O) groups excluding carboxylic acids is 1. The van der Waals surface area contributed by atoms with Gasteiger partial charge in [0.15, 0.2) is 11.0 Å². The highest BCUT2D eigenvalue weighted by Gasteiger charge is 2.39. The molecule has 1 fully saturated rings. The van der Waals surface area contributed by atoms with E-state index in [2.05, 4.69) is 15.5 Å². The Morgan fingerprint density at radius 3 is 2.90 bits per heavy atom. The standard InChI is InChI=1S/C14H12ClFN4O/c15-12-6-10(13(17)21)14(20-19-12)18-11-5-9(11)7-2-1-3-8(16)4-7/h1-4,6,9,11H,5H2,(H2,17,21)(H,18,20)/t9-,11+/m0/s1. The van der Waals surface area contributed by atoms with Crippen molar-refractivity contribution in [3.05, 3.63) is 52.4 Å². The van der Waals surface area contributed by atoms with Gasteiger partial charge in [-0.2, -0.15) is 0 Å². The van der Waals surface area contributed by atoms with E-state index in [4.69, 9.17) is 17.3 Å². The minimum absolute atomic E-state index is 0.0698. The second-order valence-corrected chi connectivity index (χ2v) is 5.33. The SMILES string of the molecule is NC(=O)c1cc(Cl)nnc1N[C@@H]1C[C@H]1c1cccc(F)c1. The number of nitrogens with zero attached hydrogens (tertiary/aromatic N) is 2. The van der Waals surface area contributed by atoms with Crippen LogP contribution in [0.3, 0.4) is 0 Å². The molecule has 1 aromatic heterocycles. The Balaban J connectivity index is 1.76. The molecule has 0 spiro atoms. The van der Waals surface area contributed by atoms with Crippen molar-refractivity contribution in [2.45, 2.75) is 18.4 Å². The van der Waals surface area contributed by atoms with Gasteiger partial charge in [0.1, 0.15) is 5.82 Å². The van der Waals surface area contributed by atoms with Crippen LogP contribution in [-0.4, -0.2) is 22.1 Å². The summed E-state index contributed by atoms with van der Waals surface area (Å²) in [5.41, 5.74) is 6.40. The number of anilines is 1. The van der Waals surface area contributed by atoms with Crippen LogP contribution in [0.5, 0.6) is 0 Å². The summed E-state index contributed by atoms with van der Waals surface area (Å²) in [6, 6.07) is 7.91. The third-order valence-electron chi connectivity index (χ3n) is 3.42. The molecule has 2 atom stereocenters. The number of carbonyl (C=O) groups is 1. The second-order valence-electron chi connectivity index (χ2n) is 4.94. The molecule has 1 amide bonds. The number of nitrogens with two attached hydrogens (primary N) is 1. The number of nitrogens with one attached hydrogen (secondary N) is 1. The molecule has 0 saturated heterocycles. The van der Waals surface area contributed by atoms with Gasteiger partial charge in [0.2, 0.25) is 0 Å². The van der Waals surface area contributed by atoms with E-state index >= 15 is 0 Å². The molecule has 1 aromatic carbocycles. The number of halogens is 2. The third kappa shape index (κ3) is 2.95. The third-order valence-corrected chi connectivity index (χ3v) is 3.60. The molecule has 0 bridgehead atoms. The lowest BCUT2D eigenvalue weighted by molar-refractivity contribution is 0.100. The maximum absolute atomic E-state index is 13.2. The Morgan fingerprint density at radius 2 is 2.19 bits per heavy atom. The number of primary amides is 1. The number of hydrogen-bond donors (Lipinski definition) is 2. The van der Waals surface area contributed by atoms with E-state index in [1.807, 2.05) is 6.07 Å². The molecule has 1 heterocycles. The number of hydrogen-bond acceptors (Lipinski definition) is 4. The fourth-order valence-corrected chi connectivity index (χ4v) is 2.45. The molecule has 21 heavy (non-hydrogen) atoms. The quantitative estimate of drug-likeness (QED) is 0.908. The van der Waals surface area contributed by atoms with Crippen LogP contribution in [0, 0.1) is 5.82 Å². The summed E-state index contributed by atoms with van der Waals surface area (Å²) in [6.45, 7) is 0. The number of aromatic nitrogens is 2. The molecule has 108 valence electrons. The van der Waals surface area contributed by atoms with E-state index in [0.29, 0.717) is 5.82 Å². The van der Waals surface area contributed by atoms with Gasteiger partial charge in [-0.1, -0.05) is 23.7 Å². The molecule has 2 aromatic rings. The van der Waals surface area contributed by atoms with Gasteiger partial charge in [-0.25, -0.2) is 4.39 Å². The van der Waals surface area contributed by atoms with Gasteiger partial charge in [-0.15, -0.1) is 10.2 Å². The molecule has 5 nitrogen and oxygen atoms in total. The lowest BCUT2D eigenvalue weighted by Crippen LogP contribution is -2.17. The van der Waals surface area contributed by atoms with Crippen molar-refractivity contribution < 1.29 is 9.18 Å². The highest BCUT2D eigenvalue weighted by Crippen LogP contribution is 2.43. The van der Waals surface area contributed by atoms with E-state index in [0.717, 1.165) is 12.0 Å². The molecule has 1 aliphatic carbocycles. The maximum atomic E-state index is 13.2. The summed E-state index contributed by atoms with van der Waals surface area (Å²) < 4.78 is 13.2. The van der Waals surface area contributed by atoms with E-state index < -0.39 is 5.91 Å². The fraction of sp³-hybridized carbons (Fsp3) is 0.214. The number of benzene rings is 1. The van der Waals surface area contributed by atoms with Crippen LogP contribution in [0.2, 0.25) is 5.15 Å². The predicted molar refractivity (Wildman–Crippen MR) is 76.7 cm³/mol. The van der Waals surface area contributed by atoms with Crippen molar-refractivity contribution in [2.24, 2.45) is 5.73 Å². The first-order chi connectivity index (χ1) is 10.0. The smallest absolute Gasteiger partial charge is 0.252 e. The van der Waals surface area contributed by atoms with Crippen molar-refractivity contribution >= 4 is 23.3 Å². The molecular weight excluding hydrogens is 295 g/mol. The summed E-state index contributed by atoms with van der Waals surface area (Å²) in [4.78, 5) is 11.4. The highest BCUT2D eigenvalue weighted by atomic mass is 35.5. The first-order valence-corrected chi connectivity index (χ1v) is 6.77. The van der Waals surface area contributed by atoms with Crippen molar-refractivity contribution in [1.29, 1.82) is 0 Å². The van der Waals surface area contributed by atoms with Crippen LogP contribution in [0.4, 0.5) is 10.2 Å². The average Bonchev–Trinajstić information content (AvgIpc) is 3.20. The summed E-state index contributed by atoms with van der Waals surface area (Å²) in [5, 5.41) is 10.8. The van der Waals surface area contributed by atoms with E-state index in [1.165, 1.54) is 18.2 Å². The van der Waals surface area contributed by atoms with Crippen LogP contribution in [-0.2, 0) is 0 Å². The molecule has 1 saturated carbocycles. The Kier molecular flexibility index (Phi) is 3.47. The van der Waals surface area contributed by atoms with Crippen molar-refractivity contribution in [3.8, 4) is 0 Å². The second kappa shape index (κ2) is 5.29. The fourth-order valence-electron chi connectivity index (χ4n) is 2.30. The van der Waals surface area contributed by atoms with Gasteiger partial charge in [-0.05, 0) is 30.2 Å². The van der Waals surface area contributed by atoms with E-state index in [1.54, 1.807) is 6.07 Å². The van der Waals surface area contributed by atoms with E-state index in [9.17, 15) is 9.18 Å². The molecule has 3 N–H and O–H groups in total. The average molecular weight is 307 g/mol. The van der Waals surface area contributed by atoms with Crippen LogP contribution >= 0.6 is 11.6 Å². The molecule has 3 rings (SSSR count). The van der Waals surface area contributed by atoms with Gasteiger partial charge >= 0.3 is 0 Å². The Bertz CT molecular complexity index is 709. The van der Waals surface area contributed by atoms with Crippen LogP contribution in [0.15, 0.2) is 30.3 Å². The number of rotatable bonds is 4. The van der Waals surface area contributed by atoms with Gasteiger partial charge < -0.3 is 11.1 Å². The molecule has 0 radical (unpaired) electrons. The van der Waals surface area contributed by atoms with Crippen LogP contribution < -0.4 is 11.1 Å². The monoisotopic (exact) mass is 306 g/mol. The first-order valence-electron chi connectivity index (χ1n) is 6.39. The summed E-state index contributed by atoms with van der Waals surface area (Å²) in [6.07, 6.45) is 0.825. The zero-order valence-corrected chi connectivity index (χ0v) is 11.6. The minimum atomic E-state index is -0.628. The van der Waals surface area contributed by atoms with Gasteiger partial charge in [0.25, 0.3) is 5.91 Å². The van der Waals surface area contributed by atoms with Crippen molar-refractivity contribution in [1.82, 2.24) is 10.2 Å². The van der Waals surface area contributed by atoms with Gasteiger partial charge in [-0.3, -0.25) is 4.79 Å². The van der Waals surface area contributed by atoms with E-state index in [-0.39, 0.29) is 28.5 Å². The topological polar surface area (TPSA) is 80.9 Å². The highest BCUT2D eigenvalue weighted by molar-refractivity contribution is 6.29. The van der Waals surface area contributed by atoms with Crippen LogP contribution in [0.25, 0.3) is 0 Å². The minimum Gasteiger partial charge on any atom is -0.365 e. The summed E-state index contributed by atoms with van der Waals surface area (Å²) in [7, 11) is 0. The van der Waals surface area contributed by atoms with Gasteiger partial charge in [0.05, 0.1) is 5.56 Å². The Morgan fingerprint density at radius 1 is 1.38 bits per heavy atom. The van der Waals surface area contributed by atoms with Gasteiger partial charge in [0, 0.05) is 12.0 Å². The lowest BCUT2D eigenvalue weighted by Gasteiger charge is -2.08. The molecule has 7 heteroatoms. The number of amides is 1. The maximum Gasteiger partial charge on any atom is 0.252 e. The Labute approximate surface area is 125 Å². The first kappa shape index (κ1) is 13.8. The van der Waals surface area contributed by atoms with Crippen molar-refractivity contribution in [2.75, 3.05) is 5.32 Å². The molecule has 1 aliphatic rings. The molecular formula is C14H12ClFN4O. The predicted octanol–water partition coefficient (Wildman–Crippen LogP) is 2.34.